The second-order valence-electron chi connectivity index (χ2n) is 5.82. The minimum Gasteiger partial charge on any atom is -0.481 e. The van der Waals surface area contributed by atoms with Crippen LogP contribution in [0.3, 0.4) is 0 Å². The third kappa shape index (κ3) is 3.44. The summed E-state index contributed by atoms with van der Waals surface area (Å²) in [5.74, 6) is 0.931. The number of carboxylic acids is 1. The van der Waals surface area contributed by atoms with Crippen molar-refractivity contribution in [1.82, 2.24) is 4.90 Å². The van der Waals surface area contributed by atoms with Gasteiger partial charge in [-0.3, -0.25) is 4.79 Å². The fourth-order valence-corrected chi connectivity index (χ4v) is 3.51. The molecular weight excluding hydrogens is 214 g/mol. The molecule has 98 valence electrons. The maximum absolute atomic E-state index is 10.6. The van der Waals surface area contributed by atoms with Crippen LogP contribution in [0.1, 0.15) is 51.9 Å². The minimum absolute atomic E-state index is 0.348. The van der Waals surface area contributed by atoms with E-state index in [1.807, 2.05) is 0 Å². The highest BCUT2D eigenvalue weighted by Gasteiger charge is 2.32. The Bertz CT molecular complexity index is 267. The summed E-state index contributed by atoms with van der Waals surface area (Å²) in [5.41, 5.74) is 0. The second-order valence-corrected chi connectivity index (χ2v) is 5.82. The Hall–Kier alpha value is -0.570. The first-order chi connectivity index (χ1) is 8.19. The predicted molar refractivity (Wildman–Crippen MR) is 68.0 cm³/mol. The number of nitrogens with zero attached hydrogens (tertiary/aromatic N) is 1. The highest BCUT2D eigenvalue weighted by Crippen LogP contribution is 2.34. The zero-order chi connectivity index (χ0) is 12.3. The average Bonchev–Trinajstić information content (AvgIpc) is 2.94. The van der Waals surface area contributed by atoms with E-state index in [2.05, 4.69) is 11.8 Å². The van der Waals surface area contributed by atoms with Crippen LogP contribution in [0.25, 0.3) is 0 Å². The van der Waals surface area contributed by atoms with Gasteiger partial charge in [0, 0.05) is 19.0 Å². The van der Waals surface area contributed by atoms with Crippen molar-refractivity contribution in [2.75, 3.05) is 13.1 Å². The summed E-state index contributed by atoms with van der Waals surface area (Å²) in [6.07, 6.45) is 7.90. The molecule has 2 rings (SSSR count). The van der Waals surface area contributed by atoms with Crippen LogP contribution in [0, 0.1) is 11.8 Å². The molecule has 1 N–H and O–H groups in total. The van der Waals surface area contributed by atoms with Crippen molar-refractivity contribution in [3.63, 3.8) is 0 Å². The molecule has 0 amide bonds. The van der Waals surface area contributed by atoms with Gasteiger partial charge in [0.25, 0.3) is 0 Å². The molecule has 3 nitrogen and oxygen atoms in total. The summed E-state index contributed by atoms with van der Waals surface area (Å²) >= 11 is 0. The number of rotatable bonds is 5. The third-order valence-corrected chi connectivity index (χ3v) is 4.69. The van der Waals surface area contributed by atoms with Crippen LogP contribution in [0.15, 0.2) is 0 Å². The van der Waals surface area contributed by atoms with Gasteiger partial charge in [0.2, 0.25) is 0 Å². The Kier molecular flexibility index (Phi) is 4.43. The van der Waals surface area contributed by atoms with Crippen molar-refractivity contribution in [3.05, 3.63) is 0 Å². The van der Waals surface area contributed by atoms with Gasteiger partial charge >= 0.3 is 5.97 Å². The molecule has 3 unspecified atom stereocenters. The molecule has 0 spiro atoms. The monoisotopic (exact) mass is 239 g/mol. The van der Waals surface area contributed by atoms with Crippen molar-refractivity contribution in [2.24, 2.45) is 11.8 Å². The van der Waals surface area contributed by atoms with Gasteiger partial charge in [-0.2, -0.15) is 0 Å². The quantitative estimate of drug-likeness (QED) is 0.802. The lowest BCUT2D eigenvalue weighted by Crippen LogP contribution is -2.31. The number of hydrogen-bond donors (Lipinski definition) is 1. The molecule has 0 aromatic carbocycles. The highest BCUT2D eigenvalue weighted by molar-refractivity contribution is 5.66. The highest BCUT2D eigenvalue weighted by atomic mass is 16.4. The molecule has 0 aromatic heterocycles. The molecule has 0 aromatic rings. The van der Waals surface area contributed by atoms with Gasteiger partial charge in [-0.1, -0.05) is 13.3 Å². The van der Waals surface area contributed by atoms with Crippen molar-refractivity contribution >= 4 is 5.97 Å². The standard InChI is InChI=1S/C14H25NO2/c1-2-11-3-5-13(9-11)15-8-7-12(10-15)4-6-14(16)17/h11-13H,2-10H2,1H3,(H,16,17). The van der Waals surface area contributed by atoms with Gasteiger partial charge in [0.15, 0.2) is 0 Å². The van der Waals surface area contributed by atoms with Gasteiger partial charge in [-0.05, 0) is 50.5 Å². The van der Waals surface area contributed by atoms with Crippen molar-refractivity contribution in [2.45, 2.75) is 57.9 Å². The Labute approximate surface area is 104 Å². The summed E-state index contributed by atoms with van der Waals surface area (Å²) in [5, 5.41) is 8.70. The molecule has 3 atom stereocenters. The number of hydrogen-bond acceptors (Lipinski definition) is 2. The van der Waals surface area contributed by atoms with Crippen LogP contribution in [0.2, 0.25) is 0 Å². The number of carboxylic acid groups (broad SMARTS) is 1. The molecule has 2 fully saturated rings. The van der Waals surface area contributed by atoms with Gasteiger partial charge in [0.1, 0.15) is 0 Å². The summed E-state index contributed by atoms with van der Waals surface area (Å²) < 4.78 is 0. The lowest BCUT2D eigenvalue weighted by atomic mass is 10.0. The summed E-state index contributed by atoms with van der Waals surface area (Å²) in [4.78, 5) is 13.2. The molecule has 2 aliphatic rings. The van der Waals surface area contributed by atoms with E-state index >= 15 is 0 Å². The Balaban J connectivity index is 1.72. The zero-order valence-electron chi connectivity index (χ0n) is 10.9. The van der Waals surface area contributed by atoms with Crippen LogP contribution < -0.4 is 0 Å². The molecule has 1 saturated heterocycles. The second kappa shape index (κ2) is 5.85. The first-order valence-electron chi connectivity index (χ1n) is 7.15. The summed E-state index contributed by atoms with van der Waals surface area (Å²) in [6, 6.07) is 0.801. The van der Waals surface area contributed by atoms with Gasteiger partial charge in [-0.25, -0.2) is 0 Å². The van der Waals surface area contributed by atoms with Gasteiger partial charge in [0.05, 0.1) is 0 Å². The van der Waals surface area contributed by atoms with Crippen molar-refractivity contribution in [1.29, 1.82) is 0 Å². The first-order valence-corrected chi connectivity index (χ1v) is 7.15. The van der Waals surface area contributed by atoms with E-state index in [1.165, 1.54) is 38.6 Å². The van der Waals surface area contributed by atoms with Crippen molar-refractivity contribution < 1.29 is 9.90 Å². The van der Waals surface area contributed by atoms with Crippen LogP contribution in [0.4, 0.5) is 0 Å². The maximum Gasteiger partial charge on any atom is 0.303 e. The average molecular weight is 239 g/mol. The minimum atomic E-state index is -0.643. The van der Waals surface area contributed by atoms with Gasteiger partial charge in [-0.15, -0.1) is 0 Å². The molecule has 17 heavy (non-hydrogen) atoms. The SMILES string of the molecule is CCC1CCC(N2CCC(CCC(=O)O)C2)C1. The molecule has 3 heteroatoms. The zero-order valence-corrected chi connectivity index (χ0v) is 10.9. The third-order valence-electron chi connectivity index (χ3n) is 4.69. The molecular formula is C14H25NO2. The van der Waals surface area contributed by atoms with E-state index in [0.29, 0.717) is 12.3 Å². The largest absolute Gasteiger partial charge is 0.481 e. The molecule has 1 aliphatic carbocycles. The molecule has 1 heterocycles. The van der Waals surface area contributed by atoms with Crippen molar-refractivity contribution in [3.8, 4) is 0 Å². The molecule has 1 aliphatic heterocycles. The molecule has 0 bridgehead atoms. The number of likely N-dealkylation sites (tertiary alicyclic amines) is 1. The smallest absolute Gasteiger partial charge is 0.303 e. The fourth-order valence-electron chi connectivity index (χ4n) is 3.51. The van der Waals surface area contributed by atoms with E-state index in [9.17, 15) is 4.79 Å². The van der Waals surface area contributed by atoms with Crippen LogP contribution in [0.5, 0.6) is 0 Å². The topological polar surface area (TPSA) is 40.5 Å². The lowest BCUT2D eigenvalue weighted by molar-refractivity contribution is -0.137. The van der Waals surface area contributed by atoms with E-state index in [-0.39, 0.29) is 0 Å². The Morgan fingerprint density at radius 2 is 2.12 bits per heavy atom. The van der Waals surface area contributed by atoms with Crippen LogP contribution in [-0.4, -0.2) is 35.1 Å². The Morgan fingerprint density at radius 1 is 1.29 bits per heavy atom. The van der Waals surface area contributed by atoms with Crippen LogP contribution >= 0.6 is 0 Å². The normalized spacial score (nSPS) is 34.3. The Morgan fingerprint density at radius 3 is 2.76 bits per heavy atom. The predicted octanol–water partition coefficient (Wildman–Crippen LogP) is 2.75. The first kappa shape index (κ1) is 12.9. The summed E-state index contributed by atoms with van der Waals surface area (Å²) in [7, 11) is 0. The number of aliphatic carboxylic acids is 1. The van der Waals surface area contributed by atoms with Crippen LogP contribution in [-0.2, 0) is 4.79 Å². The van der Waals surface area contributed by atoms with E-state index in [0.717, 1.165) is 24.9 Å². The molecule has 0 radical (unpaired) electrons. The number of carbonyl (C=O) groups is 1. The van der Waals surface area contributed by atoms with Gasteiger partial charge < -0.3 is 10.0 Å². The maximum atomic E-state index is 10.6. The van der Waals surface area contributed by atoms with E-state index in [1.54, 1.807) is 0 Å². The summed E-state index contributed by atoms with van der Waals surface area (Å²) in [6.45, 7) is 4.65. The lowest BCUT2D eigenvalue weighted by Gasteiger charge is -2.24. The van der Waals surface area contributed by atoms with E-state index < -0.39 is 5.97 Å². The van der Waals surface area contributed by atoms with E-state index in [4.69, 9.17) is 5.11 Å². The molecule has 1 saturated carbocycles. The fraction of sp³-hybridized carbons (Fsp3) is 0.929.